The zero-order valence-corrected chi connectivity index (χ0v) is 15.7. The van der Waals surface area contributed by atoms with Gasteiger partial charge in [-0.05, 0) is 36.4 Å². The Hall–Kier alpha value is -4.27. The van der Waals surface area contributed by atoms with Crippen molar-refractivity contribution in [3.63, 3.8) is 0 Å². The van der Waals surface area contributed by atoms with Crippen LogP contribution in [0, 0.1) is 5.82 Å². The molecule has 4 rings (SSSR count). The minimum Gasteiger partial charge on any atom is -0.439 e. The molecule has 2 N–H and O–H groups in total. The van der Waals surface area contributed by atoms with E-state index in [1.54, 1.807) is 71.9 Å². The fraction of sp³-hybridized carbons (Fsp3) is 0.0476. The number of urea groups is 1. The van der Waals surface area contributed by atoms with Crippen LogP contribution < -0.4 is 15.4 Å². The summed E-state index contributed by atoms with van der Waals surface area (Å²) < 4.78 is 20.6. The van der Waals surface area contributed by atoms with E-state index in [0.29, 0.717) is 22.8 Å². The van der Waals surface area contributed by atoms with E-state index in [0.717, 1.165) is 0 Å². The van der Waals surface area contributed by atoms with Crippen LogP contribution in [0.4, 0.5) is 14.9 Å². The van der Waals surface area contributed by atoms with Gasteiger partial charge in [0.1, 0.15) is 11.6 Å². The van der Waals surface area contributed by atoms with Crippen molar-refractivity contribution in [1.82, 2.24) is 25.1 Å². The van der Waals surface area contributed by atoms with Crippen molar-refractivity contribution in [2.24, 2.45) is 0 Å². The van der Waals surface area contributed by atoms with E-state index in [2.05, 4.69) is 25.7 Å². The number of carbonyl (C=O) groups is 1. The standard InChI is InChI=1S/C21H17FN6O2/c22-16-6-1-7-17(13-16)30-20-15(5-2-10-24-20)14-25-21(29)27-18-8-3-9-23-19(18)28-12-4-11-26-28/h1-13H,14H2,(H2,25,27,29). The van der Waals surface area contributed by atoms with Crippen molar-refractivity contribution in [2.45, 2.75) is 6.54 Å². The molecule has 0 radical (unpaired) electrons. The van der Waals surface area contributed by atoms with Crippen LogP contribution in [0.15, 0.2) is 79.4 Å². The van der Waals surface area contributed by atoms with Gasteiger partial charge in [-0.25, -0.2) is 23.8 Å². The Labute approximate surface area is 171 Å². The number of hydrogen-bond donors (Lipinski definition) is 2. The number of ether oxygens (including phenoxy) is 1. The maximum absolute atomic E-state index is 13.4. The predicted octanol–water partition coefficient (Wildman–Crippen LogP) is 3.92. The fourth-order valence-corrected chi connectivity index (χ4v) is 2.71. The van der Waals surface area contributed by atoms with Crippen molar-refractivity contribution < 1.29 is 13.9 Å². The summed E-state index contributed by atoms with van der Waals surface area (Å²) in [7, 11) is 0. The van der Waals surface area contributed by atoms with E-state index in [4.69, 9.17) is 4.74 Å². The average Bonchev–Trinajstić information content (AvgIpc) is 3.28. The zero-order chi connectivity index (χ0) is 20.8. The molecule has 1 aromatic carbocycles. The summed E-state index contributed by atoms with van der Waals surface area (Å²) in [6.45, 7) is 0.154. The highest BCUT2D eigenvalue weighted by Crippen LogP contribution is 2.23. The van der Waals surface area contributed by atoms with Gasteiger partial charge in [0.2, 0.25) is 5.88 Å². The number of amides is 2. The number of carbonyl (C=O) groups excluding carboxylic acids is 1. The predicted molar refractivity (Wildman–Crippen MR) is 108 cm³/mol. The number of pyridine rings is 2. The smallest absolute Gasteiger partial charge is 0.319 e. The molecule has 0 unspecified atom stereocenters. The Morgan fingerprint density at radius 2 is 1.90 bits per heavy atom. The van der Waals surface area contributed by atoms with Crippen LogP contribution in [0.25, 0.3) is 5.82 Å². The first kappa shape index (κ1) is 19.1. The molecule has 3 aromatic heterocycles. The van der Waals surface area contributed by atoms with Gasteiger partial charge >= 0.3 is 6.03 Å². The molecule has 30 heavy (non-hydrogen) atoms. The van der Waals surface area contributed by atoms with Gasteiger partial charge in [-0.15, -0.1) is 0 Å². The molecule has 150 valence electrons. The topological polar surface area (TPSA) is 94.0 Å². The molecule has 0 fully saturated rings. The number of aromatic nitrogens is 4. The average molecular weight is 404 g/mol. The summed E-state index contributed by atoms with van der Waals surface area (Å²) >= 11 is 0. The normalized spacial score (nSPS) is 10.4. The van der Waals surface area contributed by atoms with E-state index in [1.165, 1.54) is 12.1 Å². The second-order valence-corrected chi connectivity index (χ2v) is 6.16. The van der Waals surface area contributed by atoms with Gasteiger partial charge in [-0.1, -0.05) is 12.1 Å². The summed E-state index contributed by atoms with van der Waals surface area (Å²) in [6, 6.07) is 14.0. The highest BCUT2D eigenvalue weighted by Gasteiger charge is 2.11. The van der Waals surface area contributed by atoms with Gasteiger partial charge < -0.3 is 15.4 Å². The van der Waals surface area contributed by atoms with Gasteiger partial charge in [0.25, 0.3) is 0 Å². The van der Waals surface area contributed by atoms with E-state index in [-0.39, 0.29) is 12.4 Å². The molecule has 2 amide bonds. The molecule has 0 aliphatic heterocycles. The van der Waals surface area contributed by atoms with Crippen molar-refractivity contribution in [3.05, 3.63) is 90.8 Å². The molecule has 8 nitrogen and oxygen atoms in total. The number of nitrogens with zero attached hydrogens (tertiary/aromatic N) is 4. The van der Waals surface area contributed by atoms with Gasteiger partial charge in [0.05, 0.1) is 5.69 Å². The maximum Gasteiger partial charge on any atom is 0.319 e. The lowest BCUT2D eigenvalue weighted by Gasteiger charge is -2.13. The van der Waals surface area contributed by atoms with Gasteiger partial charge in [0.15, 0.2) is 5.82 Å². The Balaban J connectivity index is 1.43. The molecule has 0 spiro atoms. The third kappa shape index (κ3) is 4.58. The van der Waals surface area contributed by atoms with Crippen molar-refractivity contribution in [1.29, 1.82) is 0 Å². The highest BCUT2D eigenvalue weighted by atomic mass is 19.1. The Bertz CT molecular complexity index is 1150. The number of hydrogen-bond acceptors (Lipinski definition) is 5. The molecule has 0 bridgehead atoms. The van der Waals surface area contributed by atoms with Gasteiger partial charge in [-0.3, -0.25) is 0 Å². The lowest BCUT2D eigenvalue weighted by Crippen LogP contribution is -2.29. The number of anilines is 1. The van der Waals surface area contributed by atoms with Crippen molar-refractivity contribution >= 4 is 11.7 Å². The SMILES string of the molecule is O=C(NCc1cccnc1Oc1cccc(F)c1)Nc1cccnc1-n1cccn1. The van der Waals surface area contributed by atoms with Crippen LogP contribution in [0.2, 0.25) is 0 Å². The first-order valence-electron chi connectivity index (χ1n) is 9.06. The lowest BCUT2D eigenvalue weighted by atomic mass is 10.2. The van der Waals surface area contributed by atoms with Crippen LogP contribution >= 0.6 is 0 Å². The van der Waals surface area contributed by atoms with E-state index < -0.39 is 11.8 Å². The second-order valence-electron chi connectivity index (χ2n) is 6.16. The Kier molecular flexibility index (Phi) is 5.61. The Morgan fingerprint density at radius 3 is 2.73 bits per heavy atom. The third-order valence-corrected chi connectivity index (χ3v) is 4.06. The van der Waals surface area contributed by atoms with E-state index in [1.807, 2.05) is 0 Å². The molecule has 4 aromatic rings. The third-order valence-electron chi connectivity index (χ3n) is 4.06. The maximum atomic E-state index is 13.4. The molecule has 0 aliphatic rings. The number of nitrogens with one attached hydrogen (secondary N) is 2. The molecule has 3 heterocycles. The van der Waals surface area contributed by atoms with Crippen LogP contribution in [0.1, 0.15) is 5.56 Å². The van der Waals surface area contributed by atoms with Crippen LogP contribution in [-0.2, 0) is 6.54 Å². The minimum atomic E-state index is -0.433. The molecule has 0 atom stereocenters. The number of benzene rings is 1. The quantitative estimate of drug-likeness (QED) is 0.508. The van der Waals surface area contributed by atoms with E-state index in [9.17, 15) is 9.18 Å². The molecule has 0 saturated carbocycles. The molecule has 9 heteroatoms. The summed E-state index contributed by atoms with van der Waals surface area (Å²) in [5.41, 5.74) is 1.14. The molecular weight excluding hydrogens is 387 g/mol. The summed E-state index contributed by atoms with van der Waals surface area (Å²) in [6.07, 6.45) is 6.54. The van der Waals surface area contributed by atoms with Crippen LogP contribution in [0.3, 0.4) is 0 Å². The monoisotopic (exact) mass is 404 g/mol. The highest BCUT2D eigenvalue weighted by molar-refractivity contribution is 5.90. The summed E-state index contributed by atoms with van der Waals surface area (Å²) in [5.74, 6) is 0.682. The lowest BCUT2D eigenvalue weighted by molar-refractivity contribution is 0.251. The van der Waals surface area contributed by atoms with Gasteiger partial charge in [-0.2, -0.15) is 5.10 Å². The van der Waals surface area contributed by atoms with Crippen molar-refractivity contribution in [3.8, 4) is 17.4 Å². The first-order chi connectivity index (χ1) is 14.7. The number of halogens is 1. The minimum absolute atomic E-state index is 0.154. The largest absolute Gasteiger partial charge is 0.439 e. The first-order valence-corrected chi connectivity index (χ1v) is 9.06. The summed E-state index contributed by atoms with van der Waals surface area (Å²) in [4.78, 5) is 20.9. The Morgan fingerprint density at radius 1 is 1.03 bits per heavy atom. The van der Waals surface area contributed by atoms with Crippen LogP contribution in [0.5, 0.6) is 11.6 Å². The fourth-order valence-electron chi connectivity index (χ4n) is 2.71. The summed E-state index contributed by atoms with van der Waals surface area (Å²) in [5, 5.41) is 9.65. The molecule has 0 aliphatic carbocycles. The van der Waals surface area contributed by atoms with E-state index >= 15 is 0 Å². The van der Waals surface area contributed by atoms with Crippen molar-refractivity contribution in [2.75, 3.05) is 5.32 Å². The number of rotatable bonds is 6. The molecule has 0 saturated heterocycles. The molecular formula is C21H17FN6O2. The van der Waals surface area contributed by atoms with Gasteiger partial charge in [0, 0.05) is 43.0 Å². The van der Waals surface area contributed by atoms with Crippen LogP contribution in [-0.4, -0.2) is 25.8 Å². The zero-order valence-electron chi connectivity index (χ0n) is 15.7. The second kappa shape index (κ2) is 8.82.